The van der Waals surface area contributed by atoms with Crippen molar-refractivity contribution in [3.05, 3.63) is 29.8 Å². The average molecular weight is 245 g/mol. The Morgan fingerprint density at radius 3 is 2.56 bits per heavy atom. The first-order chi connectivity index (χ1) is 8.85. The van der Waals surface area contributed by atoms with Gasteiger partial charge in [-0.2, -0.15) is 0 Å². The van der Waals surface area contributed by atoms with Gasteiger partial charge in [-0.25, -0.2) is 0 Å². The first kappa shape index (κ1) is 12.0. The Balaban J connectivity index is 1.79. The summed E-state index contributed by atoms with van der Waals surface area (Å²) in [7, 11) is 3.83. The van der Waals surface area contributed by atoms with E-state index in [-0.39, 0.29) is 0 Å². The second-order valence-corrected chi connectivity index (χ2v) is 5.73. The summed E-state index contributed by atoms with van der Waals surface area (Å²) in [6.07, 6.45) is 5.76. The fraction of sp³-hybridized carbons (Fsp3) is 0.625. The Morgan fingerprint density at radius 2 is 1.94 bits per heavy atom. The Bertz CT molecular complexity index is 405. The summed E-state index contributed by atoms with van der Waals surface area (Å²) in [4.78, 5) is 0. The first-order valence-corrected chi connectivity index (χ1v) is 7.16. The fourth-order valence-corrected chi connectivity index (χ4v) is 3.96. The standard InChI is InChI=1S/C16H23NO/c1-17-16(11-6-5-7-12(10-11)18-2)15-13-8-3-4-9-14(13)15/h5-7,10,13-17H,3-4,8-9H2,1-2H3. The number of hydrogen-bond acceptors (Lipinski definition) is 2. The van der Waals surface area contributed by atoms with Crippen molar-refractivity contribution >= 4 is 0 Å². The fourth-order valence-electron chi connectivity index (χ4n) is 3.96. The van der Waals surface area contributed by atoms with Gasteiger partial charge in [-0.05, 0) is 55.3 Å². The molecule has 2 nitrogen and oxygen atoms in total. The van der Waals surface area contributed by atoms with Crippen LogP contribution in [0.15, 0.2) is 24.3 Å². The van der Waals surface area contributed by atoms with E-state index in [0.717, 1.165) is 23.5 Å². The molecule has 3 unspecified atom stereocenters. The highest BCUT2D eigenvalue weighted by molar-refractivity contribution is 5.32. The van der Waals surface area contributed by atoms with Crippen LogP contribution in [0.4, 0.5) is 0 Å². The van der Waals surface area contributed by atoms with Gasteiger partial charge in [-0.1, -0.05) is 25.0 Å². The van der Waals surface area contributed by atoms with Crippen LogP contribution >= 0.6 is 0 Å². The number of ether oxygens (including phenoxy) is 1. The molecule has 0 aromatic heterocycles. The molecule has 0 heterocycles. The van der Waals surface area contributed by atoms with E-state index in [2.05, 4.69) is 30.6 Å². The number of fused-ring (bicyclic) bond motifs is 1. The molecule has 0 amide bonds. The molecule has 3 rings (SSSR count). The lowest BCUT2D eigenvalue weighted by atomic mass is 10.00. The smallest absolute Gasteiger partial charge is 0.119 e. The Kier molecular flexibility index (Phi) is 3.29. The Morgan fingerprint density at radius 1 is 1.22 bits per heavy atom. The number of methoxy groups -OCH3 is 1. The van der Waals surface area contributed by atoms with E-state index in [1.807, 2.05) is 6.07 Å². The lowest BCUT2D eigenvalue weighted by molar-refractivity contribution is 0.411. The van der Waals surface area contributed by atoms with E-state index >= 15 is 0 Å². The summed E-state index contributed by atoms with van der Waals surface area (Å²) < 4.78 is 5.34. The predicted octanol–water partition coefficient (Wildman–Crippen LogP) is 3.39. The van der Waals surface area contributed by atoms with Gasteiger partial charge in [0.05, 0.1) is 7.11 Å². The molecule has 0 bridgehead atoms. The molecule has 0 spiro atoms. The molecule has 2 saturated carbocycles. The molecule has 2 fully saturated rings. The van der Waals surface area contributed by atoms with Crippen LogP contribution in [0.5, 0.6) is 5.75 Å². The Hall–Kier alpha value is -1.02. The van der Waals surface area contributed by atoms with Crippen molar-refractivity contribution in [1.29, 1.82) is 0 Å². The highest BCUT2D eigenvalue weighted by atomic mass is 16.5. The lowest BCUT2D eigenvalue weighted by Crippen LogP contribution is -2.19. The molecular weight excluding hydrogens is 222 g/mol. The largest absolute Gasteiger partial charge is 0.497 e. The maximum atomic E-state index is 5.34. The number of benzene rings is 1. The van der Waals surface area contributed by atoms with Crippen LogP contribution in [-0.4, -0.2) is 14.2 Å². The van der Waals surface area contributed by atoms with Gasteiger partial charge in [0.2, 0.25) is 0 Å². The van der Waals surface area contributed by atoms with E-state index in [0.29, 0.717) is 6.04 Å². The lowest BCUT2D eigenvalue weighted by Gasteiger charge is -2.18. The van der Waals surface area contributed by atoms with Crippen LogP contribution in [0.3, 0.4) is 0 Å². The zero-order valence-electron chi connectivity index (χ0n) is 11.4. The van der Waals surface area contributed by atoms with Crippen LogP contribution in [0, 0.1) is 17.8 Å². The van der Waals surface area contributed by atoms with Crippen molar-refractivity contribution in [1.82, 2.24) is 5.32 Å². The minimum atomic E-state index is 0.508. The maximum Gasteiger partial charge on any atom is 0.119 e. The van der Waals surface area contributed by atoms with Crippen molar-refractivity contribution in [2.75, 3.05) is 14.2 Å². The van der Waals surface area contributed by atoms with Gasteiger partial charge in [-0.3, -0.25) is 0 Å². The van der Waals surface area contributed by atoms with Gasteiger partial charge in [0, 0.05) is 6.04 Å². The molecule has 2 heteroatoms. The molecule has 0 aliphatic heterocycles. The molecule has 2 aliphatic rings. The Labute approximate surface area is 110 Å². The van der Waals surface area contributed by atoms with E-state index < -0.39 is 0 Å². The topological polar surface area (TPSA) is 21.3 Å². The van der Waals surface area contributed by atoms with E-state index in [1.165, 1.54) is 31.2 Å². The van der Waals surface area contributed by atoms with Gasteiger partial charge in [-0.15, -0.1) is 0 Å². The number of rotatable bonds is 4. The summed E-state index contributed by atoms with van der Waals surface area (Å²) >= 11 is 0. The van der Waals surface area contributed by atoms with Crippen molar-refractivity contribution in [3.63, 3.8) is 0 Å². The third kappa shape index (κ3) is 2.03. The van der Waals surface area contributed by atoms with Crippen molar-refractivity contribution < 1.29 is 4.74 Å². The molecule has 2 aliphatic carbocycles. The second kappa shape index (κ2) is 4.93. The van der Waals surface area contributed by atoms with Gasteiger partial charge in [0.15, 0.2) is 0 Å². The highest BCUT2D eigenvalue weighted by Gasteiger charge is 2.53. The zero-order valence-corrected chi connectivity index (χ0v) is 11.4. The van der Waals surface area contributed by atoms with Crippen molar-refractivity contribution in [2.24, 2.45) is 17.8 Å². The van der Waals surface area contributed by atoms with E-state index in [1.54, 1.807) is 7.11 Å². The number of nitrogens with one attached hydrogen (secondary N) is 1. The van der Waals surface area contributed by atoms with Crippen LogP contribution in [0.25, 0.3) is 0 Å². The first-order valence-electron chi connectivity index (χ1n) is 7.16. The molecular formula is C16H23NO. The normalized spacial score (nSPS) is 31.6. The molecule has 18 heavy (non-hydrogen) atoms. The quantitative estimate of drug-likeness (QED) is 0.878. The highest BCUT2D eigenvalue weighted by Crippen LogP contribution is 2.60. The summed E-state index contributed by atoms with van der Waals surface area (Å²) in [6.45, 7) is 0. The summed E-state index contributed by atoms with van der Waals surface area (Å²) in [6, 6.07) is 9.05. The molecule has 1 aromatic carbocycles. The average Bonchev–Trinajstić information content (AvgIpc) is 3.15. The maximum absolute atomic E-state index is 5.34. The van der Waals surface area contributed by atoms with Crippen LogP contribution < -0.4 is 10.1 Å². The number of hydrogen-bond donors (Lipinski definition) is 1. The third-order valence-electron chi connectivity index (χ3n) is 4.87. The summed E-state index contributed by atoms with van der Waals surface area (Å²) in [5.41, 5.74) is 1.39. The third-order valence-corrected chi connectivity index (χ3v) is 4.87. The van der Waals surface area contributed by atoms with Gasteiger partial charge < -0.3 is 10.1 Å². The molecule has 0 saturated heterocycles. The zero-order chi connectivity index (χ0) is 12.5. The summed E-state index contributed by atoms with van der Waals surface area (Å²) in [5.74, 6) is 3.77. The van der Waals surface area contributed by atoms with Crippen LogP contribution in [0.2, 0.25) is 0 Å². The SMILES string of the molecule is CNC(c1cccc(OC)c1)C1C2CCCCC21. The second-order valence-electron chi connectivity index (χ2n) is 5.73. The minimum Gasteiger partial charge on any atom is -0.497 e. The molecule has 3 atom stereocenters. The van der Waals surface area contributed by atoms with Gasteiger partial charge in [0.1, 0.15) is 5.75 Å². The molecule has 98 valence electrons. The molecule has 1 N–H and O–H groups in total. The monoisotopic (exact) mass is 245 g/mol. The van der Waals surface area contributed by atoms with Crippen LogP contribution in [0.1, 0.15) is 37.3 Å². The molecule has 0 radical (unpaired) electrons. The minimum absolute atomic E-state index is 0.508. The van der Waals surface area contributed by atoms with Gasteiger partial charge in [0.25, 0.3) is 0 Å². The van der Waals surface area contributed by atoms with Gasteiger partial charge >= 0.3 is 0 Å². The summed E-state index contributed by atoms with van der Waals surface area (Å²) in [5, 5.41) is 3.53. The van der Waals surface area contributed by atoms with Crippen molar-refractivity contribution in [2.45, 2.75) is 31.7 Å². The van der Waals surface area contributed by atoms with Crippen LogP contribution in [-0.2, 0) is 0 Å². The van der Waals surface area contributed by atoms with E-state index in [4.69, 9.17) is 4.74 Å². The molecule has 1 aromatic rings. The van der Waals surface area contributed by atoms with Crippen molar-refractivity contribution in [3.8, 4) is 5.75 Å². The predicted molar refractivity (Wildman–Crippen MR) is 73.7 cm³/mol. The van der Waals surface area contributed by atoms with E-state index in [9.17, 15) is 0 Å².